The fraction of sp³-hybridized carbons (Fsp3) is 0.273. The van der Waals surface area contributed by atoms with Crippen LogP contribution in [0.2, 0.25) is 0 Å². The Balaban J connectivity index is 1.59. The summed E-state index contributed by atoms with van der Waals surface area (Å²) in [4.78, 5) is 29.3. The molecule has 2 aromatic carbocycles. The van der Waals surface area contributed by atoms with Crippen molar-refractivity contribution in [2.45, 2.75) is 11.3 Å². The third-order valence-corrected chi connectivity index (χ3v) is 5.69. The molecule has 2 aromatic rings. The number of hydroxylamine groups is 1. The van der Waals surface area contributed by atoms with E-state index in [9.17, 15) is 9.59 Å². The number of piperazine rings is 1. The van der Waals surface area contributed by atoms with Gasteiger partial charge in [0.2, 0.25) is 5.91 Å². The van der Waals surface area contributed by atoms with E-state index in [1.807, 2.05) is 59.7 Å². The van der Waals surface area contributed by atoms with Crippen LogP contribution < -0.4 is 10.4 Å². The number of carbonyl (C=O) groups excluding carboxylic acids is 2. The maximum Gasteiger partial charge on any atom is 0.267 e. The van der Waals surface area contributed by atoms with Crippen LogP contribution in [-0.4, -0.2) is 54.4 Å². The van der Waals surface area contributed by atoms with Crippen molar-refractivity contribution in [1.82, 2.24) is 10.4 Å². The Labute approximate surface area is 175 Å². The molecule has 0 radical (unpaired) electrons. The highest BCUT2D eigenvalue weighted by atomic mass is 32.2. The van der Waals surface area contributed by atoms with Gasteiger partial charge in [0.05, 0.1) is 6.42 Å². The Morgan fingerprint density at radius 3 is 2.41 bits per heavy atom. The molecule has 6 nitrogen and oxygen atoms in total. The van der Waals surface area contributed by atoms with E-state index in [1.165, 1.54) is 11.0 Å². The summed E-state index contributed by atoms with van der Waals surface area (Å²) in [6.45, 7) is 2.79. The second-order valence-corrected chi connectivity index (χ2v) is 7.64. The number of benzene rings is 2. The molecule has 2 amide bonds. The molecule has 0 aromatic heterocycles. The lowest BCUT2D eigenvalue weighted by Gasteiger charge is -2.37. The van der Waals surface area contributed by atoms with Gasteiger partial charge in [-0.2, -0.15) is 0 Å². The van der Waals surface area contributed by atoms with Crippen LogP contribution in [0.4, 0.5) is 5.69 Å². The molecule has 3 rings (SSSR count). The minimum Gasteiger partial charge on any atom is -0.367 e. The molecule has 2 N–H and O–H groups in total. The van der Waals surface area contributed by atoms with Crippen LogP contribution >= 0.6 is 11.8 Å². The predicted octanol–water partition coefficient (Wildman–Crippen LogP) is 2.82. The summed E-state index contributed by atoms with van der Waals surface area (Å²) >= 11 is 1.69. The standard InChI is InChI=1S/C22H25N3O3S/c1-29-19-9-6-17(7-10-19)16-22(27)25-14-12-24(13-15-25)20-5-3-2-4-18(20)8-11-21(26)23-28/h2-11,28H,12-16H2,1H3,(H,23,26). The fourth-order valence-electron chi connectivity index (χ4n) is 3.35. The fourth-order valence-corrected chi connectivity index (χ4v) is 3.75. The lowest BCUT2D eigenvalue weighted by molar-refractivity contribution is -0.130. The molecule has 152 valence electrons. The summed E-state index contributed by atoms with van der Waals surface area (Å²) in [5.41, 5.74) is 4.53. The van der Waals surface area contributed by atoms with Crippen LogP contribution in [0.1, 0.15) is 11.1 Å². The first-order valence-corrected chi connectivity index (χ1v) is 10.7. The smallest absolute Gasteiger partial charge is 0.267 e. The van der Waals surface area contributed by atoms with E-state index >= 15 is 0 Å². The van der Waals surface area contributed by atoms with Gasteiger partial charge in [-0.1, -0.05) is 30.3 Å². The molecule has 7 heteroatoms. The molecule has 0 aliphatic carbocycles. The Morgan fingerprint density at radius 2 is 1.76 bits per heavy atom. The zero-order valence-corrected chi connectivity index (χ0v) is 17.2. The van der Waals surface area contributed by atoms with Gasteiger partial charge in [-0.25, -0.2) is 5.48 Å². The van der Waals surface area contributed by atoms with Crippen molar-refractivity contribution >= 4 is 35.3 Å². The van der Waals surface area contributed by atoms with Crippen LogP contribution in [0.5, 0.6) is 0 Å². The van der Waals surface area contributed by atoms with Crippen LogP contribution in [-0.2, 0) is 16.0 Å². The Morgan fingerprint density at radius 1 is 1.07 bits per heavy atom. The molecule has 0 atom stereocenters. The zero-order chi connectivity index (χ0) is 20.6. The highest BCUT2D eigenvalue weighted by molar-refractivity contribution is 7.98. The van der Waals surface area contributed by atoms with Crippen molar-refractivity contribution in [2.75, 3.05) is 37.3 Å². The minimum atomic E-state index is -0.569. The van der Waals surface area contributed by atoms with Crippen molar-refractivity contribution in [3.8, 4) is 0 Å². The number of hydrogen-bond donors (Lipinski definition) is 2. The number of amides is 2. The molecule has 29 heavy (non-hydrogen) atoms. The second kappa shape index (κ2) is 10.1. The lowest BCUT2D eigenvalue weighted by Crippen LogP contribution is -2.49. The Bertz CT molecular complexity index is 875. The van der Waals surface area contributed by atoms with Gasteiger partial charge in [0.25, 0.3) is 5.91 Å². The molecule has 1 aliphatic rings. The predicted molar refractivity (Wildman–Crippen MR) is 116 cm³/mol. The normalized spacial score (nSPS) is 14.3. The maximum absolute atomic E-state index is 12.7. The molecular formula is C22H25N3O3S. The van der Waals surface area contributed by atoms with Gasteiger partial charge in [0.15, 0.2) is 0 Å². The monoisotopic (exact) mass is 411 g/mol. The van der Waals surface area contributed by atoms with Crippen LogP contribution in [0.25, 0.3) is 6.08 Å². The lowest BCUT2D eigenvalue weighted by atomic mass is 10.1. The largest absolute Gasteiger partial charge is 0.367 e. The van der Waals surface area contributed by atoms with E-state index in [4.69, 9.17) is 5.21 Å². The number of carbonyl (C=O) groups is 2. The number of hydrogen-bond acceptors (Lipinski definition) is 5. The Hall–Kier alpha value is -2.77. The molecule has 0 bridgehead atoms. The van der Waals surface area contributed by atoms with Gasteiger partial charge in [-0.05, 0) is 41.7 Å². The van der Waals surface area contributed by atoms with Gasteiger partial charge < -0.3 is 9.80 Å². The average Bonchev–Trinajstić information content (AvgIpc) is 2.78. The van der Waals surface area contributed by atoms with E-state index in [-0.39, 0.29) is 5.91 Å². The van der Waals surface area contributed by atoms with E-state index in [0.29, 0.717) is 19.5 Å². The van der Waals surface area contributed by atoms with E-state index < -0.39 is 5.91 Å². The summed E-state index contributed by atoms with van der Waals surface area (Å²) < 4.78 is 0. The molecule has 0 saturated carbocycles. The Kier molecular flexibility index (Phi) is 7.32. The van der Waals surface area contributed by atoms with E-state index in [1.54, 1.807) is 23.3 Å². The summed E-state index contributed by atoms with van der Waals surface area (Å²) in [5, 5.41) is 8.64. The van der Waals surface area contributed by atoms with Crippen LogP contribution in [0.15, 0.2) is 59.5 Å². The minimum absolute atomic E-state index is 0.148. The van der Waals surface area contributed by atoms with Gasteiger partial charge >= 0.3 is 0 Å². The van der Waals surface area contributed by atoms with Crippen molar-refractivity contribution in [1.29, 1.82) is 0 Å². The first-order chi connectivity index (χ1) is 14.1. The highest BCUT2D eigenvalue weighted by Crippen LogP contribution is 2.23. The van der Waals surface area contributed by atoms with Crippen molar-refractivity contribution in [2.24, 2.45) is 0 Å². The number of para-hydroxylation sites is 1. The molecule has 0 unspecified atom stereocenters. The SMILES string of the molecule is CSc1ccc(CC(=O)N2CCN(c3ccccc3C=CC(=O)NO)CC2)cc1. The summed E-state index contributed by atoms with van der Waals surface area (Å²) in [6, 6.07) is 15.9. The average molecular weight is 412 g/mol. The quantitative estimate of drug-likeness (QED) is 0.331. The van der Waals surface area contributed by atoms with E-state index in [2.05, 4.69) is 4.90 Å². The maximum atomic E-state index is 12.7. The topological polar surface area (TPSA) is 72.9 Å². The number of rotatable bonds is 6. The zero-order valence-electron chi connectivity index (χ0n) is 16.4. The number of anilines is 1. The van der Waals surface area contributed by atoms with Crippen LogP contribution in [0.3, 0.4) is 0 Å². The number of nitrogens with one attached hydrogen (secondary N) is 1. The highest BCUT2D eigenvalue weighted by Gasteiger charge is 2.22. The molecule has 1 aliphatic heterocycles. The number of nitrogens with zero attached hydrogens (tertiary/aromatic N) is 2. The molecule has 1 saturated heterocycles. The van der Waals surface area contributed by atoms with Crippen molar-refractivity contribution < 1.29 is 14.8 Å². The van der Waals surface area contributed by atoms with Gasteiger partial charge in [-0.15, -0.1) is 11.8 Å². The van der Waals surface area contributed by atoms with Crippen molar-refractivity contribution in [3.05, 3.63) is 65.7 Å². The first-order valence-electron chi connectivity index (χ1n) is 9.47. The molecule has 0 spiro atoms. The first kappa shape index (κ1) is 21.0. The molecule has 1 heterocycles. The summed E-state index contributed by atoms with van der Waals surface area (Å²) in [5.74, 6) is -0.421. The second-order valence-electron chi connectivity index (χ2n) is 6.76. The summed E-state index contributed by atoms with van der Waals surface area (Å²) in [7, 11) is 0. The molecular weight excluding hydrogens is 386 g/mol. The van der Waals surface area contributed by atoms with Gasteiger partial charge in [-0.3, -0.25) is 14.8 Å². The third kappa shape index (κ3) is 5.62. The number of thioether (sulfide) groups is 1. The van der Waals surface area contributed by atoms with Crippen LogP contribution in [0, 0.1) is 0 Å². The van der Waals surface area contributed by atoms with Gasteiger partial charge in [0.1, 0.15) is 0 Å². The third-order valence-electron chi connectivity index (χ3n) is 4.95. The van der Waals surface area contributed by atoms with Gasteiger partial charge in [0, 0.05) is 42.8 Å². The summed E-state index contributed by atoms with van der Waals surface area (Å²) in [6.07, 6.45) is 5.43. The van der Waals surface area contributed by atoms with Crippen molar-refractivity contribution in [3.63, 3.8) is 0 Å². The molecule has 1 fully saturated rings. The van der Waals surface area contributed by atoms with E-state index in [0.717, 1.165) is 29.9 Å².